The molecule has 0 atom stereocenters. The van der Waals surface area contributed by atoms with Crippen molar-refractivity contribution in [3.8, 4) is 11.4 Å². The van der Waals surface area contributed by atoms with Crippen LogP contribution in [0.25, 0.3) is 21.6 Å². The maximum Gasteiger partial charge on any atom is 0.345 e. The fourth-order valence-electron chi connectivity index (χ4n) is 2.63. The molecule has 3 aromatic rings. The minimum atomic E-state index is -0.950. The molecule has 0 unspecified atom stereocenters. The van der Waals surface area contributed by atoms with Crippen LogP contribution in [-0.2, 0) is 4.74 Å². The molecule has 7 nitrogen and oxygen atoms in total. The first kappa shape index (κ1) is 15.0. The minimum Gasteiger partial charge on any atom is -0.477 e. The highest BCUT2D eigenvalue weighted by Gasteiger charge is 2.21. The van der Waals surface area contributed by atoms with E-state index in [9.17, 15) is 9.90 Å². The van der Waals surface area contributed by atoms with Gasteiger partial charge < -0.3 is 14.7 Å². The summed E-state index contributed by atoms with van der Waals surface area (Å²) >= 11 is 1.21. The molecule has 0 amide bonds. The number of thiophene rings is 1. The number of carbonyl (C=O) groups is 1. The molecular formula is C16H14N4O3S. The van der Waals surface area contributed by atoms with Crippen molar-refractivity contribution in [2.75, 3.05) is 31.2 Å². The summed E-state index contributed by atoms with van der Waals surface area (Å²) < 4.78 is 6.20. The van der Waals surface area contributed by atoms with E-state index < -0.39 is 5.97 Å². The number of aromatic nitrogens is 3. The van der Waals surface area contributed by atoms with E-state index >= 15 is 0 Å². The highest BCUT2D eigenvalue weighted by molar-refractivity contribution is 7.21. The van der Waals surface area contributed by atoms with Crippen LogP contribution in [0.5, 0.6) is 0 Å². The second kappa shape index (κ2) is 6.14. The lowest BCUT2D eigenvalue weighted by Gasteiger charge is -2.28. The molecule has 0 radical (unpaired) electrons. The van der Waals surface area contributed by atoms with Crippen LogP contribution in [0.1, 0.15) is 9.67 Å². The second-order valence-corrected chi connectivity index (χ2v) is 6.39. The molecule has 1 aliphatic heterocycles. The van der Waals surface area contributed by atoms with Gasteiger partial charge in [0.2, 0.25) is 0 Å². The van der Waals surface area contributed by atoms with Crippen molar-refractivity contribution in [1.82, 2.24) is 15.0 Å². The number of carboxylic acid groups (broad SMARTS) is 1. The molecule has 0 aromatic carbocycles. The number of rotatable bonds is 3. The van der Waals surface area contributed by atoms with Gasteiger partial charge in [0.15, 0.2) is 11.6 Å². The maximum atomic E-state index is 11.3. The number of hydrogen-bond donors (Lipinski definition) is 1. The summed E-state index contributed by atoms with van der Waals surface area (Å²) in [6, 6.07) is 5.32. The van der Waals surface area contributed by atoms with Crippen molar-refractivity contribution in [2.24, 2.45) is 0 Å². The Morgan fingerprint density at radius 2 is 2.12 bits per heavy atom. The molecule has 3 aromatic heterocycles. The fourth-order valence-corrected chi connectivity index (χ4v) is 3.59. The van der Waals surface area contributed by atoms with Gasteiger partial charge in [0, 0.05) is 31.0 Å². The number of anilines is 1. The van der Waals surface area contributed by atoms with Crippen molar-refractivity contribution in [2.45, 2.75) is 0 Å². The zero-order valence-corrected chi connectivity index (χ0v) is 13.5. The highest BCUT2D eigenvalue weighted by Crippen LogP contribution is 2.34. The number of pyridine rings is 1. The van der Waals surface area contributed by atoms with Crippen LogP contribution in [0.2, 0.25) is 0 Å². The number of morpholine rings is 1. The smallest absolute Gasteiger partial charge is 0.345 e. The molecule has 8 heteroatoms. The summed E-state index contributed by atoms with van der Waals surface area (Å²) in [6.07, 6.45) is 3.40. The Kier molecular flexibility index (Phi) is 3.83. The van der Waals surface area contributed by atoms with Gasteiger partial charge in [-0.05, 0) is 18.2 Å². The van der Waals surface area contributed by atoms with E-state index in [4.69, 9.17) is 9.72 Å². The third-order valence-corrected chi connectivity index (χ3v) is 4.90. The fraction of sp³-hybridized carbons (Fsp3) is 0.250. The van der Waals surface area contributed by atoms with Gasteiger partial charge in [-0.1, -0.05) is 0 Å². The standard InChI is InChI=1S/C16H14N4O3S/c21-16(22)12-8-11-13(24-12)15(20-4-6-23-7-5-20)19-14(18-11)10-2-1-3-17-9-10/h1-3,8-9H,4-7H2,(H,21,22). The average Bonchev–Trinajstić information content (AvgIpc) is 3.07. The zero-order chi connectivity index (χ0) is 16.5. The minimum absolute atomic E-state index is 0.261. The Morgan fingerprint density at radius 1 is 1.29 bits per heavy atom. The summed E-state index contributed by atoms with van der Waals surface area (Å²) in [5.74, 6) is 0.361. The molecule has 1 saturated heterocycles. The predicted molar refractivity (Wildman–Crippen MR) is 90.6 cm³/mol. The zero-order valence-electron chi connectivity index (χ0n) is 12.7. The lowest BCUT2D eigenvalue weighted by Crippen LogP contribution is -2.36. The Bertz CT molecular complexity index is 891. The molecule has 4 heterocycles. The predicted octanol–water partition coefficient (Wildman–Crippen LogP) is 2.29. The van der Waals surface area contributed by atoms with Gasteiger partial charge in [-0.3, -0.25) is 4.98 Å². The van der Waals surface area contributed by atoms with E-state index in [0.29, 0.717) is 24.6 Å². The average molecular weight is 342 g/mol. The molecule has 1 N–H and O–H groups in total. The van der Waals surface area contributed by atoms with E-state index in [-0.39, 0.29) is 4.88 Å². The van der Waals surface area contributed by atoms with E-state index in [1.165, 1.54) is 11.3 Å². The van der Waals surface area contributed by atoms with Crippen LogP contribution in [0, 0.1) is 0 Å². The molecule has 0 aliphatic carbocycles. The van der Waals surface area contributed by atoms with Crippen molar-refractivity contribution in [3.63, 3.8) is 0 Å². The van der Waals surface area contributed by atoms with Gasteiger partial charge in [0.05, 0.1) is 23.4 Å². The molecular weight excluding hydrogens is 328 g/mol. The van der Waals surface area contributed by atoms with Gasteiger partial charge in [0.1, 0.15) is 4.88 Å². The van der Waals surface area contributed by atoms with Gasteiger partial charge in [-0.15, -0.1) is 11.3 Å². The van der Waals surface area contributed by atoms with E-state index in [1.807, 2.05) is 12.1 Å². The number of nitrogens with zero attached hydrogens (tertiary/aromatic N) is 4. The Labute approximate surface area is 141 Å². The normalized spacial score (nSPS) is 14.9. The third kappa shape index (κ3) is 2.70. The molecule has 4 rings (SSSR count). The highest BCUT2D eigenvalue weighted by atomic mass is 32.1. The van der Waals surface area contributed by atoms with Crippen molar-refractivity contribution in [1.29, 1.82) is 0 Å². The molecule has 0 spiro atoms. The second-order valence-electron chi connectivity index (χ2n) is 5.34. The maximum absolute atomic E-state index is 11.3. The van der Waals surface area contributed by atoms with Crippen LogP contribution in [-0.4, -0.2) is 52.3 Å². The number of fused-ring (bicyclic) bond motifs is 1. The molecule has 122 valence electrons. The number of carboxylic acids is 1. The van der Waals surface area contributed by atoms with Crippen LogP contribution in [0.3, 0.4) is 0 Å². The van der Waals surface area contributed by atoms with Crippen LogP contribution in [0.15, 0.2) is 30.6 Å². The van der Waals surface area contributed by atoms with Crippen molar-refractivity contribution >= 4 is 33.3 Å². The largest absolute Gasteiger partial charge is 0.477 e. The Morgan fingerprint density at radius 3 is 2.83 bits per heavy atom. The first-order valence-electron chi connectivity index (χ1n) is 7.50. The molecule has 0 saturated carbocycles. The van der Waals surface area contributed by atoms with Crippen molar-refractivity contribution in [3.05, 3.63) is 35.5 Å². The molecule has 1 aliphatic rings. The quantitative estimate of drug-likeness (QED) is 0.781. The Hall–Kier alpha value is -2.58. The third-order valence-electron chi connectivity index (χ3n) is 3.79. The first-order chi connectivity index (χ1) is 11.7. The topological polar surface area (TPSA) is 88.4 Å². The molecule has 24 heavy (non-hydrogen) atoms. The van der Waals surface area contributed by atoms with E-state index in [0.717, 1.165) is 29.2 Å². The molecule has 0 bridgehead atoms. The first-order valence-corrected chi connectivity index (χ1v) is 8.32. The van der Waals surface area contributed by atoms with E-state index in [2.05, 4.69) is 14.9 Å². The van der Waals surface area contributed by atoms with Gasteiger partial charge in [-0.2, -0.15) is 0 Å². The summed E-state index contributed by atoms with van der Waals surface area (Å²) in [7, 11) is 0. The lowest BCUT2D eigenvalue weighted by molar-refractivity contribution is 0.0702. The molecule has 1 fully saturated rings. The van der Waals surface area contributed by atoms with Crippen LogP contribution < -0.4 is 4.90 Å². The number of hydrogen-bond acceptors (Lipinski definition) is 7. The number of ether oxygens (including phenoxy) is 1. The Balaban J connectivity index is 1.90. The van der Waals surface area contributed by atoms with Gasteiger partial charge in [-0.25, -0.2) is 14.8 Å². The summed E-state index contributed by atoms with van der Waals surface area (Å²) in [6.45, 7) is 2.70. The van der Waals surface area contributed by atoms with Crippen LogP contribution in [0.4, 0.5) is 5.82 Å². The summed E-state index contributed by atoms with van der Waals surface area (Å²) in [5, 5.41) is 9.29. The monoisotopic (exact) mass is 342 g/mol. The summed E-state index contributed by atoms with van der Waals surface area (Å²) in [5.41, 5.74) is 1.45. The van der Waals surface area contributed by atoms with Gasteiger partial charge >= 0.3 is 5.97 Å². The van der Waals surface area contributed by atoms with Gasteiger partial charge in [0.25, 0.3) is 0 Å². The SMILES string of the molecule is O=C(O)c1cc2nc(-c3cccnc3)nc(N3CCOCC3)c2s1. The number of aromatic carboxylic acids is 1. The van der Waals surface area contributed by atoms with Crippen molar-refractivity contribution < 1.29 is 14.6 Å². The van der Waals surface area contributed by atoms with Crippen LogP contribution >= 0.6 is 11.3 Å². The van der Waals surface area contributed by atoms with E-state index in [1.54, 1.807) is 18.5 Å². The lowest BCUT2D eigenvalue weighted by atomic mass is 10.2. The summed E-state index contributed by atoms with van der Waals surface area (Å²) in [4.78, 5) is 27.1.